The number of carboxylic acid groups (broad SMARTS) is 1. The highest BCUT2D eigenvalue weighted by atomic mass is 16.5. The van der Waals surface area contributed by atoms with Gasteiger partial charge in [0.05, 0.1) is 17.8 Å². The van der Waals surface area contributed by atoms with Crippen molar-refractivity contribution in [1.82, 2.24) is 0 Å². The smallest absolute Gasteiger partial charge is 0.336 e. The van der Waals surface area contributed by atoms with Gasteiger partial charge < -0.3 is 9.84 Å². The fourth-order valence-electron chi connectivity index (χ4n) is 3.64. The zero-order valence-electron chi connectivity index (χ0n) is 17.0. The first-order valence-electron chi connectivity index (χ1n) is 10.3. The Balaban J connectivity index is 1.51. The third-order valence-electron chi connectivity index (χ3n) is 5.57. The second-order valence-electron chi connectivity index (χ2n) is 7.59. The zero-order chi connectivity index (χ0) is 21.0. The molecular weight excluding hydrogens is 372 g/mol. The summed E-state index contributed by atoms with van der Waals surface area (Å²) in [4.78, 5) is 11.5. The molecule has 1 aliphatic carbocycles. The van der Waals surface area contributed by atoms with E-state index in [2.05, 4.69) is 36.1 Å². The van der Waals surface area contributed by atoms with Crippen molar-refractivity contribution in [2.75, 3.05) is 0 Å². The van der Waals surface area contributed by atoms with E-state index < -0.39 is 5.97 Å². The van der Waals surface area contributed by atoms with Crippen LogP contribution in [-0.2, 0) is 23.4 Å². The van der Waals surface area contributed by atoms with Gasteiger partial charge in [-0.2, -0.15) is 0 Å². The SMILES string of the molecule is CCc1cccc(C(=O)O)c1C#Cc1ccc(C2(OCc3ccccc3)CC2)cc1. The maximum absolute atomic E-state index is 11.5. The van der Waals surface area contributed by atoms with E-state index in [0.717, 1.165) is 30.4 Å². The number of aromatic carboxylic acids is 1. The maximum atomic E-state index is 11.5. The van der Waals surface area contributed by atoms with E-state index in [1.807, 2.05) is 43.3 Å². The van der Waals surface area contributed by atoms with Crippen molar-refractivity contribution in [1.29, 1.82) is 0 Å². The van der Waals surface area contributed by atoms with E-state index in [-0.39, 0.29) is 11.2 Å². The lowest BCUT2D eigenvalue weighted by molar-refractivity contribution is 0.0172. The largest absolute Gasteiger partial charge is 0.478 e. The monoisotopic (exact) mass is 396 g/mol. The molecule has 1 aliphatic rings. The molecular formula is C27H24O3. The fourth-order valence-corrected chi connectivity index (χ4v) is 3.64. The Morgan fingerprint density at radius 3 is 2.33 bits per heavy atom. The standard InChI is InChI=1S/C27H24O3/c1-2-22-9-6-10-25(26(28)29)24(22)16-13-20-11-14-23(15-12-20)27(17-18-27)30-19-21-7-4-3-5-8-21/h3-12,14-15H,2,17-19H2,1H3,(H,28,29). The summed E-state index contributed by atoms with van der Waals surface area (Å²) >= 11 is 0. The molecule has 30 heavy (non-hydrogen) atoms. The highest BCUT2D eigenvalue weighted by molar-refractivity contribution is 5.91. The normalized spacial score (nSPS) is 13.9. The molecule has 1 fully saturated rings. The summed E-state index contributed by atoms with van der Waals surface area (Å²) in [7, 11) is 0. The lowest BCUT2D eigenvalue weighted by Crippen LogP contribution is -2.11. The number of carboxylic acids is 1. The molecule has 3 aromatic carbocycles. The quantitative estimate of drug-likeness (QED) is 0.556. The Morgan fingerprint density at radius 1 is 0.967 bits per heavy atom. The Morgan fingerprint density at radius 2 is 1.70 bits per heavy atom. The lowest BCUT2D eigenvalue weighted by Gasteiger charge is -2.17. The van der Waals surface area contributed by atoms with Crippen LogP contribution in [0.4, 0.5) is 0 Å². The van der Waals surface area contributed by atoms with Gasteiger partial charge in [0, 0.05) is 11.1 Å². The summed E-state index contributed by atoms with van der Waals surface area (Å²) in [6.07, 6.45) is 2.79. The first-order chi connectivity index (χ1) is 14.6. The molecule has 1 N–H and O–H groups in total. The molecule has 0 bridgehead atoms. The van der Waals surface area contributed by atoms with Gasteiger partial charge in [-0.3, -0.25) is 0 Å². The van der Waals surface area contributed by atoms with Gasteiger partial charge >= 0.3 is 5.97 Å². The molecule has 0 unspecified atom stereocenters. The van der Waals surface area contributed by atoms with Crippen molar-refractivity contribution in [3.8, 4) is 11.8 Å². The van der Waals surface area contributed by atoms with Crippen molar-refractivity contribution in [2.45, 2.75) is 38.4 Å². The topological polar surface area (TPSA) is 46.5 Å². The van der Waals surface area contributed by atoms with Crippen molar-refractivity contribution >= 4 is 5.97 Å². The van der Waals surface area contributed by atoms with E-state index in [0.29, 0.717) is 12.2 Å². The second-order valence-corrected chi connectivity index (χ2v) is 7.59. The minimum absolute atomic E-state index is 0.187. The Hall–Kier alpha value is -3.35. The zero-order valence-corrected chi connectivity index (χ0v) is 17.0. The molecule has 0 saturated heterocycles. The summed E-state index contributed by atoms with van der Waals surface area (Å²) in [6.45, 7) is 2.61. The average Bonchev–Trinajstić information content (AvgIpc) is 3.58. The molecule has 3 heteroatoms. The molecule has 3 aromatic rings. The van der Waals surface area contributed by atoms with E-state index in [4.69, 9.17) is 4.74 Å². The maximum Gasteiger partial charge on any atom is 0.336 e. The van der Waals surface area contributed by atoms with Crippen molar-refractivity contribution in [2.24, 2.45) is 0 Å². The van der Waals surface area contributed by atoms with Crippen molar-refractivity contribution < 1.29 is 14.6 Å². The fraction of sp³-hybridized carbons (Fsp3) is 0.222. The summed E-state index contributed by atoms with van der Waals surface area (Å²) in [5.74, 6) is 5.27. The van der Waals surface area contributed by atoms with Crippen LogP contribution in [0.5, 0.6) is 0 Å². The predicted octanol–water partition coefficient (Wildman–Crippen LogP) is 5.55. The molecule has 0 aliphatic heterocycles. The number of carbonyl (C=O) groups is 1. The summed E-state index contributed by atoms with van der Waals surface area (Å²) in [5.41, 5.74) is 4.82. The average molecular weight is 396 g/mol. The number of hydrogen-bond donors (Lipinski definition) is 1. The van der Waals surface area contributed by atoms with Gasteiger partial charge in [0.2, 0.25) is 0 Å². The highest BCUT2D eigenvalue weighted by Crippen LogP contribution is 2.49. The van der Waals surface area contributed by atoms with Crippen LogP contribution in [0.1, 0.15) is 57.9 Å². The number of rotatable bonds is 6. The molecule has 0 atom stereocenters. The van der Waals surface area contributed by atoms with E-state index >= 15 is 0 Å². The van der Waals surface area contributed by atoms with Crippen LogP contribution >= 0.6 is 0 Å². The lowest BCUT2D eigenvalue weighted by atomic mass is 9.99. The van der Waals surface area contributed by atoms with E-state index in [1.165, 1.54) is 11.1 Å². The van der Waals surface area contributed by atoms with Crippen LogP contribution in [0.15, 0.2) is 72.8 Å². The van der Waals surface area contributed by atoms with Gasteiger partial charge in [-0.25, -0.2) is 4.79 Å². The molecule has 0 aromatic heterocycles. The Bertz CT molecular complexity index is 1100. The molecule has 0 amide bonds. The Kier molecular flexibility index (Phi) is 5.70. The second kappa shape index (κ2) is 8.57. The van der Waals surface area contributed by atoms with Crippen LogP contribution in [0.2, 0.25) is 0 Å². The number of hydrogen-bond acceptors (Lipinski definition) is 2. The molecule has 150 valence electrons. The summed E-state index contributed by atoms with van der Waals surface area (Å²) in [6, 6.07) is 23.7. The third kappa shape index (κ3) is 4.30. The van der Waals surface area contributed by atoms with Crippen molar-refractivity contribution in [3.63, 3.8) is 0 Å². The summed E-state index contributed by atoms with van der Waals surface area (Å²) < 4.78 is 6.25. The van der Waals surface area contributed by atoms with Gasteiger partial charge in [-0.1, -0.05) is 73.4 Å². The van der Waals surface area contributed by atoms with E-state index in [9.17, 15) is 9.90 Å². The third-order valence-corrected chi connectivity index (χ3v) is 5.57. The van der Waals surface area contributed by atoms with Crippen LogP contribution in [0, 0.1) is 11.8 Å². The molecule has 0 spiro atoms. The van der Waals surface area contributed by atoms with Crippen LogP contribution in [0.25, 0.3) is 0 Å². The number of benzene rings is 3. The van der Waals surface area contributed by atoms with Gasteiger partial charge in [-0.05, 0) is 54.2 Å². The van der Waals surface area contributed by atoms with Crippen LogP contribution < -0.4 is 0 Å². The first kappa shape index (κ1) is 19.9. The summed E-state index contributed by atoms with van der Waals surface area (Å²) in [5, 5.41) is 9.47. The van der Waals surface area contributed by atoms with Crippen LogP contribution in [-0.4, -0.2) is 11.1 Å². The molecule has 1 saturated carbocycles. The van der Waals surface area contributed by atoms with Crippen LogP contribution in [0.3, 0.4) is 0 Å². The number of aryl methyl sites for hydroxylation is 1. The van der Waals surface area contributed by atoms with Crippen molar-refractivity contribution in [3.05, 3.63) is 106 Å². The molecule has 3 nitrogen and oxygen atoms in total. The number of ether oxygens (including phenoxy) is 1. The Labute approximate surface area is 177 Å². The minimum atomic E-state index is -0.948. The minimum Gasteiger partial charge on any atom is -0.478 e. The van der Waals surface area contributed by atoms with E-state index in [1.54, 1.807) is 12.1 Å². The van der Waals surface area contributed by atoms with Gasteiger partial charge in [0.15, 0.2) is 0 Å². The van der Waals surface area contributed by atoms with Gasteiger partial charge in [-0.15, -0.1) is 0 Å². The molecule has 0 heterocycles. The first-order valence-corrected chi connectivity index (χ1v) is 10.3. The van der Waals surface area contributed by atoms with Gasteiger partial charge in [0.25, 0.3) is 0 Å². The highest BCUT2D eigenvalue weighted by Gasteiger charge is 2.45. The molecule has 0 radical (unpaired) electrons. The predicted molar refractivity (Wildman–Crippen MR) is 117 cm³/mol. The molecule has 4 rings (SSSR count). The van der Waals surface area contributed by atoms with Gasteiger partial charge in [0.1, 0.15) is 0 Å².